The van der Waals surface area contributed by atoms with Crippen LogP contribution < -0.4 is 9.30 Å². The molecule has 0 bridgehead atoms. The summed E-state index contributed by atoms with van der Waals surface area (Å²) in [5, 5.41) is 2.31. The first-order valence-electron chi connectivity index (χ1n) is 24.0. The van der Waals surface area contributed by atoms with Crippen LogP contribution in [0.2, 0.25) is 0 Å². The van der Waals surface area contributed by atoms with E-state index in [4.69, 9.17) is 9.72 Å². The van der Waals surface area contributed by atoms with E-state index in [0.29, 0.717) is 11.5 Å². The standard InChI is InChI=1S/C64H60N4O.Pt/c1-61(2,3)48-33-34-65-59(38-48)68-56-32-21-20-31-54(56)60-55(62(4,5)6)40-53(41-57(60)68)69-52-30-22-29-50(39-52)66-42-58(64(9,10)47-27-18-13-19-28-47)67(43-66)51-36-45(44-23-14-11-15-24-44)35-49(37-51)63(7,8)46-25-16-12-17-26-46;/h11-38,40,42H,1-10H3;/q-2;. The molecule has 3 heterocycles. The van der Waals surface area contributed by atoms with Crippen molar-refractivity contribution >= 4 is 21.8 Å². The summed E-state index contributed by atoms with van der Waals surface area (Å²) in [5.74, 6) is 2.04. The van der Waals surface area contributed by atoms with Crippen molar-refractivity contribution in [1.82, 2.24) is 14.1 Å². The first-order valence-corrected chi connectivity index (χ1v) is 24.0. The van der Waals surface area contributed by atoms with Gasteiger partial charge in [0.2, 0.25) is 0 Å². The quantitative estimate of drug-likeness (QED) is 0.101. The minimum absolute atomic E-state index is 0. The van der Waals surface area contributed by atoms with Gasteiger partial charge in [-0.05, 0) is 85.6 Å². The number of rotatable bonds is 10. The molecule has 0 amide bonds. The van der Waals surface area contributed by atoms with Crippen LogP contribution in [0.15, 0.2) is 182 Å². The van der Waals surface area contributed by atoms with Crippen molar-refractivity contribution in [3.05, 3.63) is 234 Å². The molecular formula is C64H60N4OPt-2. The zero-order chi connectivity index (χ0) is 48.3. The van der Waals surface area contributed by atoms with Crippen LogP contribution in [0.4, 0.5) is 0 Å². The Morgan fingerprint density at radius 1 is 0.529 bits per heavy atom. The molecule has 0 saturated heterocycles. The van der Waals surface area contributed by atoms with Crippen LogP contribution in [-0.4, -0.2) is 14.1 Å². The van der Waals surface area contributed by atoms with Crippen LogP contribution in [0, 0.1) is 18.5 Å². The minimum atomic E-state index is -0.414. The molecule has 5 nitrogen and oxygen atoms in total. The molecule has 0 aliphatic carbocycles. The molecule has 6 heteroatoms. The summed E-state index contributed by atoms with van der Waals surface area (Å²) in [6.45, 7) is 22.7. The Morgan fingerprint density at radius 2 is 1.17 bits per heavy atom. The summed E-state index contributed by atoms with van der Waals surface area (Å²) in [5.41, 5.74) is 12.3. The van der Waals surface area contributed by atoms with Gasteiger partial charge in [0.15, 0.2) is 0 Å². The van der Waals surface area contributed by atoms with Crippen LogP contribution >= 0.6 is 0 Å². The van der Waals surface area contributed by atoms with Crippen molar-refractivity contribution in [2.45, 2.75) is 90.9 Å². The third kappa shape index (κ3) is 9.09. The predicted octanol–water partition coefficient (Wildman–Crippen LogP) is 15.4. The number of hydrogen-bond donors (Lipinski definition) is 0. The van der Waals surface area contributed by atoms with Gasteiger partial charge in [0, 0.05) is 61.3 Å². The maximum Gasteiger partial charge on any atom is 0.267 e. The van der Waals surface area contributed by atoms with Crippen molar-refractivity contribution in [1.29, 1.82) is 0 Å². The summed E-state index contributed by atoms with van der Waals surface area (Å²) < 4.78 is 13.4. The Kier molecular flexibility index (Phi) is 12.7. The second kappa shape index (κ2) is 18.5. The molecule has 10 aromatic rings. The van der Waals surface area contributed by atoms with Crippen LogP contribution in [0.5, 0.6) is 11.5 Å². The van der Waals surface area contributed by atoms with E-state index in [1.54, 1.807) is 0 Å². The number of ether oxygens (including phenoxy) is 1. The van der Waals surface area contributed by atoms with Gasteiger partial charge in [-0.25, -0.2) is 4.98 Å². The van der Waals surface area contributed by atoms with Crippen molar-refractivity contribution in [3.63, 3.8) is 0 Å². The van der Waals surface area contributed by atoms with E-state index in [-0.39, 0.29) is 37.3 Å². The van der Waals surface area contributed by atoms with Crippen LogP contribution in [0.25, 0.3) is 50.1 Å². The Balaban J connectivity index is 0.00000608. The third-order valence-corrected chi connectivity index (χ3v) is 13.9. The maximum atomic E-state index is 6.89. The maximum absolute atomic E-state index is 6.89. The third-order valence-electron chi connectivity index (χ3n) is 13.9. The van der Waals surface area contributed by atoms with Gasteiger partial charge in [-0.15, -0.1) is 29.8 Å². The Hall–Kier alpha value is -6.81. The van der Waals surface area contributed by atoms with Crippen LogP contribution in [0.3, 0.4) is 0 Å². The summed E-state index contributed by atoms with van der Waals surface area (Å²) in [6.07, 6.45) is 7.93. The van der Waals surface area contributed by atoms with Gasteiger partial charge in [0.05, 0.1) is 11.4 Å². The van der Waals surface area contributed by atoms with Gasteiger partial charge in [-0.2, -0.15) is 12.1 Å². The zero-order valence-electron chi connectivity index (χ0n) is 41.8. The van der Waals surface area contributed by atoms with E-state index in [1.165, 1.54) is 27.8 Å². The number of hydrogen-bond acceptors (Lipinski definition) is 2. The average Bonchev–Trinajstić information content (AvgIpc) is 3.95. The molecule has 70 heavy (non-hydrogen) atoms. The van der Waals surface area contributed by atoms with E-state index in [0.717, 1.165) is 55.8 Å². The Morgan fingerprint density at radius 3 is 1.84 bits per heavy atom. The van der Waals surface area contributed by atoms with Gasteiger partial charge in [-0.1, -0.05) is 195 Å². The Bertz CT molecular complexity index is 3480. The second-order valence-electron chi connectivity index (χ2n) is 21.5. The topological polar surface area (TPSA) is 35.9 Å². The zero-order valence-corrected chi connectivity index (χ0v) is 44.1. The first kappa shape index (κ1) is 48.2. The van der Waals surface area contributed by atoms with Crippen LogP contribution in [0.1, 0.15) is 103 Å². The summed E-state index contributed by atoms with van der Waals surface area (Å²) in [6, 6.07) is 67.7. The predicted molar refractivity (Wildman–Crippen MR) is 282 cm³/mol. The molecule has 0 radical (unpaired) electrons. The molecule has 0 N–H and O–H groups in total. The molecule has 0 spiro atoms. The van der Waals surface area contributed by atoms with Gasteiger partial charge >= 0.3 is 0 Å². The molecule has 0 saturated carbocycles. The fourth-order valence-electron chi connectivity index (χ4n) is 9.69. The van der Waals surface area contributed by atoms with E-state index in [1.807, 2.05) is 18.3 Å². The molecule has 354 valence electrons. The van der Waals surface area contributed by atoms with Crippen molar-refractivity contribution in [2.75, 3.05) is 0 Å². The number of nitrogens with zero attached hydrogens (tertiary/aromatic N) is 4. The molecule has 0 atom stereocenters. The first-order chi connectivity index (χ1) is 33.0. The van der Waals surface area contributed by atoms with E-state index >= 15 is 0 Å². The van der Waals surface area contributed by atoms with Gasteiger partial charge in [-0.3, -0.25) is 4.57 Å². The smallest absolute Gasteiger partial charge is 0.267 e. The summed E-state index contributed by atoms with van der Waals surface area (Å²) >= 11 is 0. The van der Waals surface area contributed by atoms with Crippen LogP contribution in [-0.2, 0) is 42.7 Å². The molecule has 0 aliphatic heterocycles. The van der Waals surface area contributed by atoms with Gasteiger partial charge in [0.1, 0.15) is 5.82 Å². The molecule has 0 aliphatic rings. The fourth-order valence-corrected chi connectivity index (χ4v) is 9.69. The monoisotopic (exact) mass is 1100 g/mol. The summed E-state index contributed by atoms with van der Waals surface area (Å²) in [7, 11) is 0. The molecule has 0 fully saturated rings. The van der Waals surface area contributed by atoms with Gasteiger partial charge in [0.25, 0.3) is 6.33 Å². The van der Waals surface area contributed by atoms with E-state index < -0.39 is 5.41 Å². The number of pyridine rings is 1. The number of imidazole rings is 1. The summed E-state index contributed by atoms with van der Waals surface area (Å²) in [4.78, 5) is 4.95. The molecule has 10 rings (SSSR count). The SMILES string of the molecule is CC(C)(C)c1ccnc(-n2c3[c-]c(Oc4[c-]c(-n5[c-][n+](-c6cc(-c7ccccc7)cc(C(C)(C)c7ccccc7)c6)c(C(C)(C)c6ccccc6)c5)ccc4)cc(C(C)(C)C)c3c3ccccc32)c1.[Pt]. The Labute approximate surface area is 428 Å². The number of para-hydroxylation sites is 1. The van der Waals surface area contributed by atoms with E-state index in [9.17, 15) is 0 Å². The van der Waals surface area contributed by atoms with Gasteiger partial charge < -0.3 is 13.9 Å². The largest absolute Gasteiger partial charge is 0.510 e. The molecule has 3 aromatic heterocycles. The molecular weight excluding hydrogens is 1040 g/mol. The molecule has 7 aromatic carbocycles. The van der Waals surface area contributed by atoms with Crippen molar-refractivity contribution < 1.29 is 30.4 Å². The second-order valence-corrected chi connectivity index (χ2v) is 21.5. The normalized spacial score (nSPS) is 12.3. The number of benzene rings is 7. The number of aromatic nitrogens is 4. The van der Waals surface area contributed by atoms with Crippen molar-refractivity contribution in [3.8, 4) is 39.8 Å². The molecule has 0 unspecified atom stereocenters. The van der Waals surface area contributed by atoms with Crippen molar-refractivity contribution in [2.24, 2.45) is 0 Å². The fraction of sp³-hybridized carbons (Fsp3) is 0.219. The average molecular weight is 1100 g/mol. The van der Waals surface area contributed by atoms with E-state index in [2.05, 4.69) is 265 Å². The number of fused-ring (bicyclic) bond motifs is 3. The minimum Gasteiger partial charge on any atom is -0.510 e.